The maximum atomic E-state index is 12.4. The quantitative estimate of drug-likeness (QED) is 0.916. The third-order valence-corrected chi connectivity index (χ3v) is 4.61. The Morgan fingerprint density at radius 1 is 1.21 bits per heavy atom. The Kier molecular flexibility index (Phi) is 4.86. The average molecular weight is 343 g/mol. The molecule has 1 heterocycles. The second-order valence-corrected chi connectivity index (χ2v) is 6.47. The van der Waals surface area contributed by atoms with Crippen molar-refractivity contribution in [2.24, 2.45) is 5.92 Å². The van der Waals surface area contributed by atoms with Gasteiger partial charge in [0.05, 0.1) is 12.0 Å². The first-order valence-corrected chi connectivity index (χ1v) is 8.33. The van der Waals surface area contributed by atoms with Crippen molar-refractivity contribution in [3.8, 4) is 0 Å². The van der Waals surface area contributed by atoms with E-state index in [-0.39, 0.29) is 30.2 Å². The number of anilines is 1. The molecular formula is C19H19ClN2O2. The van der Waals surface area contributed by atoms with E-state index in [1.807, 2.05) is 37.3 Å². The smallest absolute Gasteiger partial charge is 0.229 e. The van der Waals surface area contributed by atoms with Crippen molar-refractivity contribution in [3.05, 3.63) is 65.2 Å². The van der Waals surface area contributed by atoms with Crippen LogP contribution in [0.25, 0.3) is 0 Å². The molecule has 0 radical (unpaired) electrons. The lowest BCUT2D eigenvalue weighted by Gasteiger charge is -2.25. The second kappa shape index (κ2) is 7.05. The van der Waals surface area contributed by atoms with Crippen LogP contribution in [0.5, 0.6) is 0 Å². The first-order valence-electron chi connectivity index (χ1n) is 7.95. The molecule has 5 heteroatoms. The van der Waals surface area contributed by atoms with E-state index in [0.29, 0.717) is 17.3 Å². The number of benzene rings is 2. The van der Waals surface area contributed by atoms with Crippen molar-refractivity contribution in [1.29, 1.82) is 0 Å². The SMILES string of the molecule is C[C@H](c1ccccc1)N1C[C@@H](C(=O)Nc2cccc(Cl)c2)CC1=O. The predicted molar refractivity (Wildman–Crippen MR) is 94.8 cm³/mol. The summed E-state index contributed by atoms with van der Waals surface area (Å²) in [7, 11) is 0. The number of nitrogens with zero attached hydrogens (tertiary/aromatic N) is 1. The van der Waals surface area contributed by atoms with Gasteiger partial charge in [0, 0.05) is 23.7 Å². The molecule has 2 aromatic rings. The van der Waals surface area contributed by atoms with E-state index in [1.165, 1.54) is 0 Å². The summed E-state index contributed by atoms with van der Waals surface area (Å²) in [6.07, 6.45) is 0.240. The van der Waals surface area contributed by atoms with Crippen LogP contribution in [0.3, 0.4) is 0 Å². The monoisotopic (exact) mass is 342 g/mol. The van der Waals surface area contributed by atoms with Crippen molar-refractivity contribution < 1.29 is 9.59 Å². The van der Waals surface area contributed by atoms with Gasteiger partial charge in [-0.15, -0.1) is 0 Å². The van der Waals surface area contributed by atoms with Crippen molar-refractivity contribution in [2.45, 2.75) is 19.4 Å². The summed E-state index contributed by atoms with van der Waals surface area (Å²) in [6.45, 7) is 2.42. The molecule has 1 aliphatic rings. The number of carbonyl (C=O) groups is 2. The summed E-state index contributed by atoms with van der Waals surface area (Å²) < 4.78 is 0. The van der Waals surface area contributed by atoms with Crippen molar-refractivity contribution in [2.75, 3.05) is 11.9 Å². The Hall–Kier alpha value is -2.33. The zero-order valence-corrected chi connectivity index (χ0v) is 14.2. The fraction of sp³-hybridized carbons (Fsp3) is 0.263. The van der Waals surface area contributed by atoms with Crippen LogP contribution in [0.15, 0.2) is 54.6 Å². The molecule has 2 amide bonds. The van der Waals surface area contributed by atoms with Gasteiger partial charge in [0.25, 0.3) is 0 Å². The van der Waals surface area contributed by atoms with Crippen LogP contribution in [0.4, 0.5) is 5.69 Å². The second-order valence-electron chi connectivity index (χ2n) is 6.03. The molecule has 0 spiro atoms. The summed E-state index contributed by atoms with van der Waals surface area (Å²) in [5.74, 6) is -0.478. The molecule has 1 N–H and O–H groups in total. The number of carbonyl (C=O) groups excluding carboxylic acids is 2. The molecule has 0 aliphatic carbocycles. The highest BCUT2D eigenvalue weighted by atomic mass is 35.5. The van der Waals surface area contributed by atoms with Crippen LogP contribution < -0.4 is 5.32 Å². The van der Waals surface area contributed by atoms with Crippen molar-refractivity contribution >= 4 is 29.1 Å². The van der Waals surface area contributed by atoms with Gasteiger partial charge < -0.3 is 10.2 Å². The summed E-state index contributed by atoms with van der Waals surface area (Å²) in [5.41, 5.74) is 1.72. The molecule has 4 nitrogen and oxygen atoms in total. The average Bonchev–Trinajstić information content (AvgIpc) is 2.97. The summed E-state index contributed by atoms with van der Waals surface area (Å²) in [6, 6.07) is 16.8. The Labute approximate surface area is 146 Å². The minimum absolute atomic E-state index is 0.0117. The van der Waals surface area contributed by atoms with E-state index in [2.05, 4.69) is 5.32 Å². The highest BCUT2D eigenvalue weighted by Crippen LogP contribution is 2.29. The molecule has 0 aromatic heterocycles. The van der Waals surface area contributed by atoms with Crippen LogP contribution in [-0.2, 0) is 9.59 Å². The first-order chi connectivity index (χ1) is 11.5. The molecule has 2 atom stereocenters. The van der Waals surface area contributed by atoms with Gasteiger partial charge in [-0.05, 0) is 30.7 Å². The number of amides is 2. The predicted octanol–water partition coefficient (Wildman–Crippen LogP) is 3.89. The first kappa shape index (κ1) is 16.5. The Bertz CT molecular complexity index is 748. The fourth-order valence-electron chi connectivity index (χ4n) is 3.00. The number of hydrogen-bond donors (Lipinski definition) is 1. The van der Waals surface area contributed by atoms with Crippen LogP contribution in [0.2, 0.25) is 5.02 Å². The normalized spacial score (nSPS) is 18.5. The molecule has 24 heavy (non-hydrogen) atoms. The molecule has 3 rings (SSSR count). The summed E-state index contributed by atoms with van der Waals surface area (Å²) >= 11 is 5.93. The standard InChI is InChI=1S/C19H19ClN2O2/c1-13(14-6-3-2-4-7-14)22-12-15(10-18(22)23)19(24)21-17-9-5-8-16(20)11-17/h2-9,11,13,15H,10,12H2,1H3,(H,21,24)/t13-,15+/m1/s1. The van der Waals surface area contributed by atoms with E-state index in [1.54, 1.807) is 29.2 Å². The molecule has 1 saturated heterocycles. The van der Waals surface area contributed by atoms with Crippen molar-refractivity contribution in [1.82, 2.24) is 4.90 Å². The van der Waals surface area contributed by atoms with Crippen molar-refractivity contribution in [3.63, 3.8) is 0 Å². The largest absolute Gasteiger partial charge is 0.335 e. The Balaban J connectivity index is 1.67. The Morgan fingerprint density at radius 2 is 1.96 bits per heavy atom. The third-order valence-electron chi connectivity index (χ3n) is 4.37. The summed E-state index contributed by atoms with van der Waals surface area (Å²) in [4.78, 5) is 26.6. The summed E-state index contributed by atoms with van der Waals surface area (Å²) in [5, 5.41) is 3.41. The van der Waals surface area contributed by atoms with Gasteiger partial charge in [-0.25, -0.2) is 0 Å². The maximum absolute atomic E-state index is 12.4. The van der Waals surface area contributed by atoms with Crippen LogP contribution >= 0.6 is 11.6 Å². The third kappa shape index (κ3) is 3.60. The molecule has 1 fully saturated rings. The van der Waals surface area contributed by atoms with Gasteiger partial charge in [-0.3, -0.25) is 9.59 Å². The van der Waals surface area contributed by atoms with Gasteiger partial charge in [0.15, 0.2) is 0 Å². The molecule has 2 aromatic carbocycles. The lowest BCUT2D eigenvalue weighted by Crippen LogP contribution is -2.30. The molecule has 0 saturated carbocycles. The number of rotatable bonds is 4. The van der Waals surface area contributed by atoms with E-state index in [4.69, 9.17) is 11.6 Å². The van der Waals surface area contributed by atoms with Crippen LogP contribution in [0, 0.1) is 5.92 Å². The number of hydrogen-bond acceptors (Lipinski definition) is 2. The zero-order chi connectivity index (χ0) is 17.1. The van der Waals surface area contributed by atoms with E-state index in [0.717, 1.165) is 5.56 Å². The Morgan fingerprint density at radius 3 is 2.67 bits per heavy atom. The van der Waals surface area contributed by atoms with Crippen LogP contribution in [0.1, 0.15) is 24.9 Å². The lowest BCUT2D eigenvalue weighted by atomic mass is 10.1. The number of halogens is 1. The zero-order valence-electron chi connectivity index (χ0n) is 13.4. The van der Waals surface area contributed by atoms with Gasteiger partial charge in [-0.2, -0.15) is 0 Å². The number of likely N-dealkylation sites (tertiary alicyclic amines) is 1. The minimum atomic E-state index is -0.345. The molecule has 1 aliphatic heterocycles. The maximum Gasteiger partial charge on any atom is 0.229 e. The molecular weight excluding hydrogens is 324 g/mol. The topological polar surface area (TPSA) is 49.4 Å². The van der Waals surface area contributed by atoms with E-state index < -0.39 is 0 Å². The highest BCUT2D eigenvalue weighted by Gasteiger charge is 2.36. The van der Waals surface area contributed by atoms with Gasteiger partial charge >= 0.3 is 0 Å². The molecule has 0 bridgehead atoms. The lowest BCUT2D eigenvalue weighted by molar-refractivity contribution is -0.129. The molecule has 0 unspecified atom stereocenters. The molecule has 124 valence electrons. The van der Waals surface area contributed by atoms with E-state index in [9.17, 15) is 9.59 Å². The van der Waals surface area contributed by atoms with Gasteiger partial charge in [0.2, 0.25) is 11.8 Å². The minimum Gasteiger partial charge on any atom is -0.335 e. The highest BCUT2D eigenvalue weighted by molar-refractivity contribution is 6.30. The van der Waals surface area contributed by atoms with Gasteiger partial charge in [0.1, 0.15) is 0 Å². The number of nitrogens with one attached hydrogen (secondary N) is 1. The van der Waals surface area contributed by atoms with E-state index >= 15 is 0 Å². The fourth-order valence-corrected chi connectivity index (χ4v) is 3.19. The van der Waals surface area contributed by atoms with Crippen LogP contribution in [-0.4, -0.2) is 23.3 Å². The van der Waals surface area contributed by atoms with Gasteiger partial charge in [-0.1, -0.05) is 48.0 Å².